The molecule has 23 heavy (non-hydrogen) atoms. The zero-order valence-electron chi connectivity index (χ0n) is 13.8. The molecule has 0 aromatic carbocycles. The van der Waals surface area contributed by atoms with Crippen LogP contribution in [0.4, 0.5) is 16.6 Å². The molecule has 1 spiro atoms. The number of aromatic nitrogens is 2. The number of hydrogen-bond donors (Lipinski definition) is 2. The van der Waals surface area contributed by atoms with Gasteiger partial charge >= 0.3 is 6.03 Å². The number of ether oxygens (including phenoxy) is 1. The summed E-state index contributed by atoms with van der Waals surface area (Å²) in [6.45, 7) is 0.529. The van der Waals surface area contributed by atoms with Crippen molar-refractivity contribution in [1.29, 1.82) is 0 Å². The molecule has 0 bridgehead atoms. The fourth-order valence-corrected chi connectivity index (χ4v) is 3.44. The van der Waals surface area contributed by atoms with Crippen molar-refractivity contribution < 1.29 is 9.53 Å². The Morgan fingerprint density at radius 3 is 2.91 bits per heavy atom. The van der Waals surface area contributed by atoms with E-state index in [1.807, 2.05) is 19.0 Å². The standard InChI is InChI=1S/C16H25N5O2/c1-21(2)13-6-10-17-14(19-13)20-15(22)18-11-12-5-9-16(23-12)7-3-4-8-16/h6,10,12H,3-5,7-9,11H2,1-2H3,(H2,17,18,19,20,22). The quantitative estimate of drug-likeness (QED) is 0.889. The van der Waals surface area contributed by atoms with Crippen LogP contribution in [0.25, 0.3) is 0 Å². The van der Waals surface area contributed by atoms with E-state index < -0.39 is 0 Å². The minimum atomic E-state index is -0.295. The lowest BCUT2D eigenvalue weighted by Gasteiger charge is -2.23. The molecule has 1 saturated carbocycles. The topological polar surface area (TPSA) is 79.4 Å². The second-order valence-electron chi connectivity index (χ2n) is 6.64. The molecule has 7 nitrogen and oxygen atoms in total. The molecule has 2 aliphatic rings. The van der Waals surface area contributed by atoms with E-state index in [1.165, 1.54) is 25.7 Å². The molecule has 126 valence electrons. The molecule has 1 unspecified atom stereocenters. The van der Waals surface area contributed by atoms with Crippen molar-refractivity contribution in [3.8, 4) is 0 Å². The van der Waals surface area contributed by atoms with E-state index in [0.717, 1.165) is 18.7 Å². The molecule has 3 rings (SSSR count). The van der Waals surface area contributed by atoms with Gasteiger partial charge in [0, 0.05) is 26.8 Å². The van der Waals surface area contributed by atoms with Gasteiger partial charge in [0.15, 0.2) is 0 Å². The summed E-state index contributed by atoms with van der Waals surface area (Å²) in [5.74, 6) is 1.05. The van der Waals surface area contributed by atoms with Gasteiger partial charge in [-0.05, 0) is 31.7 Å². The minimum absolute atomic E-state index is 0.103. The van der Waals surface area contributed by atoms with Crippen molar-refractivity contribution in [3.05, 3.63) is 12.3 Å². The molecule has 7 heteroatoms. The molecule has 1 aliphatic carbocycles. The summed E-state index contributed by atoms with van der Waals surface area (Å²) in [7, 11) is 3.78. The van der Waals surface area contributed by atoms with Crippen molar-refractivity contribution in [3.63, 3.8) is 0 Å². The highest BCUT2D eigenvalue weighted by Crippen LogP contribution is 2.43. The maximum Gasteiger partial charge on any atom is 0.321 e. The van der Waals surface area contributed by atoms with E-state index in [-0.39, 0.29) is 17.7 Å². The molecule has 1 aromatic rings. The summed E-state index contributed by atoms with van der Waals surface area (Å²) in [5.41, 5.74) is 0.103. The first-order valence-electron chi connectivity index (χ1n) is 8.29. The molecule has 2 heterocycles. The first-order valence-corrected chi connectivity index (χ1v) is 8.29. The Morgan fingerprint density at radius 1 is 1.39 bits per heavy atom. The Morgan fingerprint density at radius 2 is 2.17 bits per heavy atom. The van der Waals surface area contributed by atoms with Crippen molar-refractivity contribution in [2.24, 2.45) is 0 Å². The second kappa shape index (κ2) is 6.70. The van der Waals surface area contributed by atoms with Gasteiger partial charge in [0.2, 0.25) is 5.95 Å². The Kier molecular flexibility index (Phi) is 4.66. The van der Waals surface area contributed by atoms with Crippen molar-refractivity contribution in [1.82, 2.24) is 15.3 Å². The van der Waals surface area contributed by atoms with Crippen LogP contribution in [-0.4, -0.2) is 48.3 Å². The van der Waals surface area contributed by atoms with Gasteiger partial charge in [0.05, 0.1) is 11.7 Å². The second-order valence-corrected chi connectivity index (χ2v) is 6.64. The average molecular weight is 319 g/mol. The first kappa shape index (κ1) is 16.0. The van der Waals surface area contributed by atoms with Gasteiger partial charge in [-0.1, -0.05) is 12.8 Å². The molecular formula is C16H25N5O2. The Labute approximate surface area is 136 Å². The maximum atomic E-state index is 12.0. The van der Waals surface area contributed by atoms with E-state index in [4.69, 9.17) is 4.74 Å². The number of carbonyl (C=O) groups is 1. The number of urea groups is 1. The van der Waals surface area contributed by atoms with Gasteiger partial charge in [0.1, 0.15) is 5.82 Å². The highest BCUT2D eigenvalue weighted by molar-refractivity contribution is 5.87. The van der Waals surface area contributed by atoms with Crippen LogP contribution in [0.2, 0.25) is 0 Å². The molecule has 1 atom stereocenters. The zero-order valence-corrected chi connectivity index (χ0v) is 13.8. The molecule has 1 aliphatic heterocycles. The summed E-state index contributed by atoms with van der Waals surface area (Å²) in [5, 5.41) is 5.53. The predicted molar refractivity (Wildman–Crippen MR) is 88.7 cm³/mol. The third-order valence-electron chi connectivity index (χ3n) is 4.67. The van der Waals surface area contributed by atoms with Crippen molar-refractivity contribution >= 4 is 17.8 Å². The number of nitrogens with zero attached hydrogens (tertiary/aromatic N) is 3. The van der Waals surface area contributed by atoms with Crippen LogP contribution in [0.1, 0.15) is 38.5 Å². The van der Waals surface area contributed by atoms with Crippen LogP contribution in [0, 0.1) is 0 Å². The smallest absolute Gasteiger partial charge is 0.321 e. The molecule has 2 N–H and O–H groups in total. The van der Waals surface area contributed by atoms with Gasteiger partial charge in [-0.25, -0.2) is 9.78 Å². The van der Waals surface area contributed by atoms with Crippen LogP contribution in [-0.2, 0) is 4.74 Å². The summed E-state index contributed by atoms with van der Waals surface area (Å²) < 4.78 is 6.18. The summed E-state index contributed by atoms with van der Waals surface area (Å²) >= 11 is 0. The predicted octanol–water partition coefficient (Wildman–Crippen LogP) is 2.16. The van der Waals surface area contributed by atoms with E-state index in [2.05, 4.69) is 20.6 Å². The molecule has 2 fully saturated rings. The van der Waals surface area contributed by atoms with Crippen LogP contribution in [0.5, 0.6) is 0 Å². The number of rotatable bonds is 4. The number of anilines is 2. The van der Waals surface area contributed by atoms with E-state index in [0.29, 0.717) is 12.5 Å². The van der Waals surface area contributed by atoms with E-state index in [9.17, 15) is 4.79 Å². The third-order valence-corrected chi connectivity index (χ3v) is 4.67. The van der Waals surface area contributed by atoms with Gasteiger partial charge in [0.25, 0.3) is 0 Å². The Balaban J connectivity index is 1.46. The normalized spacial score (nSPS) is 22.3. The third kappa shape index (κ3) is 3.90. The van der Waals surface area contributed by atoms with Crippen LogP contribution in [0.3, 0.4) is 0 Å². The average Bonchev–Trinajstić information content (AvgIpc) is 3.16. The van der Waals surface area contributed by atoms with Crippen LogP contribution >= 0.6 is 0 Å². The van der Waals surface area contributed by atoms with Gasteiger partial charge < -0.3 is 15.0 Å². The monoisotopic (exact) mass is 319 g/mol. The number of nitrogens with one attached hydrogen (secondary N) is 2. The summed E-state index contributed by atoms with van der Waals surface area (Å²) in [6.07, 6.45) is 8.75. The lowest BCUT2D eigenvalue weighted by molar-refractivity contribution is -0.0340. The van der Waals surface area contributed by atoms with Gasteiger partial charge in [-0.15, -0.1) is 0 Å². The Hall–Kier alpha value is -1.89. The number of carbonyl (C=O) groups excluding carboxylic acids is 1. The fourth-order valence-electron chi connectivity index (χ4n) is 3.44. The Bertz CT molecular complexity index is 557. The van der Waals surface area contributed by atoms with Crippen molar-refractivity contribution in [2.45, 2.75) is 50.2 Å². The van der Waals surface area contributed by atoms with Gasteiger partial charge in [-0.2, -0.15) is 4.98 Å². The lowest BCUT2D eigenvalue weighted by atomic mass is 9.98. The molecule has 1 aromatic heterocycles. The maximum absolute atomic E-state index is 12.0. The largest absolute Gasteiger partial charge is 0.370 e. The number of hydrogen-bond acceptors (Lipinski definition) is 5. The fraction of sp³-hybridized carbons (Fsp3) is 0.688. The van der Waals surface area contributed by atoms with Gasteiger partial charge in [-0.3, -0.25) is 5.32 Å². The highest BCUT2D eigenvalue weighted by atomic mass is 16.5. The van der Waals surface area contributed by atoms with Crippen molar-refractivity contribution in [2.75, 3.05) is 30.9 Å². The zero-order chi connectivity index (χ0) is 16.3. The molecule has 0 radical (unpaired) electrons. The SMILES string of the molecule is CN(C)c1ccnc(NC(=O)NCC2CCC3(CCCC3)O2)n1. The molecule has 2 amide bonds. The van der Waals surface area contributed by atoms with Crippen LogP contribution < -0.4 is 15.5 Å². The summed E-state index contributed by atoms with van der Waals surface area (Å²) in [6, 6.07) is 1.49. The number of amides is 2. The molecular weight excluding hydrogens is 294 g/mol. The van der Waals surface area contributed by atoms with Crippen LogP contribution in [0.15, 0.2) is 12.3 Å². The highest BCUT2D eigenvalue weighted by Gasteiger charge is 2.42. The molecule has 1 saturated heterocycles. The van der Waals surface area contributed by atoms with E-state index in [1.54, 1.807) is 12.3 Å². The summed E-state index contributed by atoms with van der Waals surface area (Å²) in [4.78, 5) is 22.2. The first-order chi connectivity index (χ1) is 11.1. The van der Waals surface area contributed by atoms with E-state index >= 15 is 0 Å². The minimum Gasteiger partial charge on any atom is -0.370 e. The lowest BCUT2D eigenvalue weighted by Crippen LogP contribution is -2.37.